The van der Waals surface area contributed by atoms with Gasteiger partial charge < -0.3 is 4.57 Å². The van der Waals surface area contributed by atoms with Crippen molar-refractivity contribution in [3.63, 3.8) is 0 Å². The molecule has 0 unspecified atom stereocenters. The summed E-state index contributed by atoms with van der Waals surface area (Å²) in [5.41, 5.74) is 0. The number of aromatic nitrogens is 2. The van der Waals surface area contributed by atoms with Crippen LogP contribution >= 0.6 is 0 Å². The van der Waals surface area contributed by atoms with Crippen LogP contribution in [0.25, 0.3) is 0 Å². The molecular weight excluding hydrogens is 164 g/mol. The van der Waals surface area contributed by atoms with Gasteiger partial charge in [-0.2, -0.15) is 0 Å². The van der Waals surface area contributed by atoms with E-state index in [9.17, 15) is 8.42 Å². The van der Waals surface area contributed by atoms with E-state index in [1.54, 1.807) is 10.8 Å². The first kappa shape index (κ1) is 8.26. The second kappa shape index (κ2) is 2.65. The second-order valence-corrected chi connectivity index (χ2v) is 4.18. The highest BCUT2D eigenvalue weighted by atomic mass is 32.2. The molecule has 4 nitrogen and oxygen atoms in total. The summed E-state index contributed by atoms with van der Waals surface area (Å²) in [6.07, 6.45) is 4.29. The minimum absolute atomic E-state index is 0.139. The minimum Gasteiger partial charge on any atom is -0.322 e. The van der Waals surface area contributed by atoms with Crippen molar-refractivity contribution < 1.29 is 8.42 Å². The number of sulfone groups is 1. The van der Waals surface area contributed by atoms with Gasteiger partial charge in [0.2, 0.25) is 15.0 Å². The highest BCUT2D eigenvalue weighted by Gasteiger charge is 2.12. The number of hydrogen-bond acceptors (Lipinski definition) is 3. The third kappa shape index (κ3) is 1.59. The van der Waals surface area contributed by atoms with E-state index in [1.807, 2.05) is 6.92 Å². The Morgan fingerprint density at radius 2 is 2.27 bits per heavy atom. The largest absolute Gasteiger partial charge is 0.322 e. The molecule has 0 radical (unpaired) electrons. The lowest BCUT2D eigenvalue weighted by atomic mass is 10.7. The van der Waals surface area contributed by atoms with Crippen LogP contribution in [0.1, 0.15) is 6.92 Å². The Balaban J connectivity index is 3.24. The first-order valence-corrected chi connectivity index (χ1v) is 5.16. The van der Waals surface area contributed by atoms with Crippen molar-refractivity contribution in [3.8, 4) is 0 Å². The molecule has 0 bridgehead atoms. The van der Waals surface area contributed by atoms with E-state index in [2.05, 4.69) is 4.98 Å². The highest BCUT2D eigenvalue weighted by molar-refractivity contribution is 7.90. The number of hydrogen-bond donors (Lipinski definition) is 0. The number of nitrogens with zero attached hydrogens (tertiary/aromatic N) is 2. The van der Waals surface area contributed by atoms with Crippen LogP contribution in [0.2, 0.25) is 0 Å². The Bertz CT molecular complexity index is 339. The van der Waals surface area contributed by atoms with E-state index in [0.29, 0.717) is 6.54 Å². The molecule has 0 aliphatic rings. The molecule has 1 aromatic rings. The van der Waals surface area contributed by atoms with Crippen molar-refractivity contribution in [2.45, 2.75) is 18.6 Å². The highest BCUT2D eigenvalue weighted by Crippen LogP contribution is 2.04. The van der Waals surface area contributed by atoms with Gasteiger partial charge in [0.15, 0.2) is 0 Å². The molecule has 1 heterocycles. The zero-order valence-electron chi connectivity index (χ0n) is 6.48. The molecule has 1 aromatic heterocycles. The quantitative estimate of drug-likeness (QED) is 0.648. The van der Waals surface area contributed by atoms with E-state index < -0.39 is 9.84 Å². The lowest BCUT2D eigenvalue weighted by Crippen LogP contribution is -2.07. The number of aryl methyl sites for hydroxylation is 1. The van der Waals surface area contributed by atoms with E-state index in [4.69, 9.17) is 0 Å². The molecule has 5 heteroatoms. The maximum atomic E-state index is 11.0. The summed E-state index contributed by atoms with van der Waals surface area (Å²) in [5, 5.41) is 0.139. The lowest BCUT2D eigenvalue weighted by Gasteiger charge is -2.00. The van der Waals surface area contributed by atoms with Gasteiger partial charge in [0.25, 0.3) is 0 Å². The van der Waals surface area contributed by atoms with Crippen molar-refractivity contribution >= 4 is 9.84 Å². The van der Waals surface area contributed by atoms with Crippen molar-refractivity contribution in [3.05, 3.63) is 12.4 Å². The fraction of sp³-hybridized carbons (Fsp3) is 0.500. The van der Waals surface area contributed by atoms with Crippen LogP contribution in [0.15, 0.2) is 17.6 Å². The van der Waals surface area contributed by atoms with Gasteiger partial charge in [-0.05, 0) is 6.92 Å². The van der Waals surface area contributed by atoms with Crippen molar-refractivity contribution in [2.75, 3.05) is 6.26 Å². The molecule has 0 aliphatic heterocycles. The zero-order chi connectivity index (χ0) is 8.48. The molecule has 0 atom stereocenters. The summed E-state index contributed by atoms with van der Waals surface area (Å²) in [6, 6.07) is 0. The predicted molar refractivity (Wildman–Crippen MR) is 41.0 cm³/mol. The van der Waals surface area contributed by atoms with Crippen LogP contribution in [0.4, 0.5) is 0 Å². The molecule has 0 amide bonds. The lowest BCUT2D eigenvalue weighted by molar-refractivity contribution is 0.574. The number of rotatable bonds is 2. The van der Waals surface area contributed by atoms with Crippen LogP contribution in [0.3, 0.4) is 0 Å². The maximum absolute atomic E-state index is 11.0. The van der Waals surface area contributed by atoms with E-state index in [-0.39, 0.29) is 5.16 Å². The summed E-state index contributed by atoms with van der Waals surface area (Å²) in [7, 11) is -3.15. The van der Waals surface area contributed by atoms with Gasteiger partial charge >= 0.3 is 0 Å². The van der Waals surface area contributed by atoms with Crippen molar-refractivity contribution in [1.29, 1.82) is 0 Å². The van der Waals surface area contributed by atoms with Crippen molar-refractivity contribution in [1.82, 2.24) is 9.55 Å². The fourth-order valence-corrected chi connectivity index (χ4v) is 1.73. The fourth-order valence-electron chi connectivity index (χ4n) is 0.865. The van der Waals surface area contributed by atoms with Crippen LogP contribution < -0.4 is 0 Å². The van der Waals surface area contributed by atoms with Gasteiger partial charge in [0.1, 0.15) is 0 Å². The predicted octanol–water partition coefficient (Wildman–Crippen LogP) is 0.306. The molecule has 0 aromatic carbocycles. The zero-order valence-corrected chi connectivity index (χ0v) is 7.30. The van der Waals surface area contributed by atoms with Crippen LogP contribution in [-0.2, 0) is 16.4 Å². The van der Waals surface area contributed by atoms with Gasteiger partial charge in [-0.3, -0.25) is 0 Å². The van der Waals surface area contributed by atoms with Crippen LogP contribution in [0.5, 0.6) is 0 Å². The average molecular weight is 174 g/mol. The first-order valence-electron chi connectivity index (χ1n) is 3.27. The monoisotopic (exact) mass is 174 g/mol. The molecule has 0 N–H and O–H groups in total. The van der Waals surface area contributed by atoms with E-state index in [1.165, 1.54) is 6.20 Å². The molecule has 11 heavy (non-hydrogen) atoms. The topological polar surface area (TPSA) is 52.0 Å². The first-order chi connectivity index (χ1) is 5.05. The van der Waals surface area contributed by atoms with E-state index in [0.717, 1.165) is 6.26 Å². The molecule has 1 rings (SSSR count). The maximum Gasteiger partial charge on any atom is 0.227 e. The summed E-state index contributed by atoms with van der Waals surface area (Å²) in [6.45, 7) is 2.50. The SMILES string of the molecule is CCn1ccnc1S(C)(=O)=O. The molecule has 0 aliphatic carbocycles. The third-order valence-electron chi connectivity index (χ3n) is 1.35. The van der Waals surface area contributed by atoms with Gasteiger partial charge in [-0.25, -0.2) is 13.4 Å². The average Bonchev–Trinajstić information content (AvgIpc) is 2.31. The van der Waals surface area contributed by atoms with Crippen LogP contribution in [-0.4, -0.2) is 24.2 Å². The Hall–Kier alpha value is -0.840. The summed E-state index contributed by atoms with van der Waals surface area (Å²) in [4.78, 5) is 3.73. The van der Waals surface area contributed by atoms with Gasteiger partial charge in [0, 0.05) is 25.2 Å². The van der Waals surface area contributed by atoms with Crippen molar-refractivity contribution in [2.24, 2.45) is 0 Å². The Morgan fingerprint density at radius 3 is 2.64 bits per heavy atom. The standard InChI is InChI=1S/C6H10N2O2S/c1-3-8-5-4-7-6(8)11(2,9)10/h4-5H,3H2,1-2H3. The molecule has 62 valence electrons. The Morgan fingerprint density at radius 1 is 1.64 bits per heavy atom. The van der Waals surface area contributed by atoms with E-state index >= 15 is 0 Å². The molecule has 0 fully saturated rings. The molecule has 0 saturated heterocycles. The summed E-state index contributed by atoms with van der Waals surface area (Å²) >= 11 is 0. The number of imidazole rings is 1. The molecular formula is C6H10N2O2S. The second-order valence-electron chi connectivity index (χ2n) is 2.27. The normalized spacial score (nSPS) is 11.8. The molecule has 0 spiro atoms. The summed E-state index contributed by atoms with van der Waals surface area (Å²) < 4.78 is 23.6. The van der Waals surface area contributed by atoms with Gasteiger partial charge in [-0.1, -0.05) is 0 Å². The Labute approximate surface area is 65.8 Å². The van der Waals surface area contributed by atoms with Gasteiger partial charge in [-0.15, -0.1) is 0 Å². The van der Waals surface area contributed by atoms with Crippen LogP contribution in [0, 0.1) is 0 Å². The molecule has 0 saturated carbocycles. The van der Waals surface area contributed by atoms with Gasteiger partial charge in [0.05, 0.1) is 0 Å². The smallest absolute Gasteiger partial charge is 0.227 e. The Kier molecular flexibility index (Phi) is 1.99. The third-order valence-corrected chi connectivity index (χ3v) is 2.35. The minimum atomic E-state index is -3.15. The summed E-state index contributed by atoms with van der Waals surface area (Å²) in [5.74, 6) is 0.